The van der Waals surface area contributed by atoms with Crippen molar-refractivity contribution in [1.82, 2.24) is 5.32 Å². The third kappa shape index (κ3) is 3.81. The Labute approximate surface area is 132 Å². The molecule has 1 fully saturated rings. The Morgan fingerprint density at radius 1 is 1.55 bits per heavy atom. The Bertz CT molecular complexity index is 630. The largest absolute Gasteiger partial charge is 0.481 e. The van der Waals surface area contributed by atoms with E-state index in [0.29, 0.717) is 20.5 Å². The first kappa shape index (κ1) is 15.0. The van der Waals surface area contributed by atoms with Crippen LogP contribution in [0.5, 0.6) is 5.75 Å². The van der Waals surface area contributed by atoms with Gasteiger partial charge in [-0.25, -0.2) is 4.79 Å². The van der Waals surface area contributed by atoms with Crippen LogP contribution in [0.3, 0.4) is 0 Å². The minimum atomic E-state index is -1.07. The molecule has 2 N–H and O–H groups in total. The van der Waals surface area contributed by atoms with Gasteiger partial charge in [0, 0.05) is 10.0 Å². The second-order valence-electron chi connectivity index (χ2n) is 3.72. The smallest absolute Gasteiger partial charge is 0.341 e. The number of ether oxygens (including phenoxy) is 1. The quantitative estimate of drug-likeness (QED) is 0.623. The van der Waals surface area contributed by atoms with Crippen LogP contribution in [0, 0.1) is 0 Å². The number of carbonyl (C=O) groups is 2. The molecule has 0 radical (unpaired) electrons. The van der Waals surface area contributed by atoms with Gasteiger partial charge in [-0.1, -0.05) is 39.9 Å². The molecule has 0 unspecified atom stereocenters. The van der Waals surface area contributed by atoms with Crippen molar-refractivity contribution >= 4 is 62.2 Å². The molecule has 8 heteroatoms. The summed E-state index contributed by atoms with van der Waals surface area (Å²) in [6.45, 7) is -0.449. The lowest BCUT2D eigenvalue weighted by molar-refractivity contribution is -0.139. The molecule has 0 spiro atoms. The highest BCUT2D eigenvalue weighted by Crippen LogP contribution is 2.31. The number of benzene rings is 1. The maximum absolute atomic E-state index is 11.6. The number of carboxylic acid groups (broad SMARTS) is 1. The van der Waals surface area contributed by atoms with Gasteiger partial charge in [-0.05, 0) is 24.3 Å². The van der Waals surface area contributed by atoms with E-state index in [1.54, 1.807) is 24.3 Å². The molecule has 0 aromatic heterocycles. The van der Waals surface area contributed by atoms with E-state index in [9.17, 15) is 9.59 Å². The van der Waals surface area contributed by atoms with Gasteiger partial charge < -0.3 is 15.2 Å². The van der Waals surface area contributed by atoms with Gasteiger partial charge in [0.05, 0.1) is 4.91 Å². The van der Waals surface area contributed by atoms with Crippen molar-refractivity contribution in [2.24, 2.45) is 0 Å². The number of thioether (sulfide) groups is 1. The SMILES string of the molecule is O=C(O)COc1ccc(Br)cc1/C=C1\SC(=S)NC1=O. The van der Waals surface area contributed by atoms with Crippen LogP contribution in [0.25, 0.3) is 6.08 Å². The van der Waals surface area contributed by atoms with E-state index in [2.05, 4.69) is 21.2 Å². The number of hydrogen-bond donors (Lipinski definition) is 2. The molecule has 20 heavy (non-hydrogen) atoms. The molecule has 0 bridgehead atoms. The number of rotatable bonds is 4. The third-order valence-electron chi connectivity index (χ3n) is 2.25. The molecule has 1 aliphatic rings. The molecule has 2 rings (SSSR count). The van der Waals surface area contributed by atoms with Crippen LogP contribution in [-0.4, -0.2) is 27.9 Å². The summed E-state index contributed by atoms with van der Waals surface area (Å²) >= 11 is 9.38. The highest BCUT2D eigenvalue weighted by atomic mass is 79.9. The summed E-state index contributed by atoms with van der Waals surface area (Å²) < 4.78 is 6.37. The second kappa shape index (κ2) is 6.38. The van der Waals surface area contributed by atoms with E-state index in [0.717, 1.165) is 16.2 Å². The lowest BCUT2D eigenvalue weighted by Gasteiger charge is -2.08. The van der Waals surface area contributed by atoms with Gasteiger partial charge in [0.1, 0.15) is 10.1 Å². The summed E-state index contributed by atoms with van der Waals surface area (Å²) in [6.07, 6.45) is 1.61. The molecule has 0 atom stereocenters. The molecule has 0 saturated carbocycles. The zero-order valence-corrected chi connectivity index (χ0v) is 13.1. The average molecular weight is 374 g/mol. The van der Waals surface area contributed by atoms with Gasteiger partial charge in [0.25, 0.3) is 5.91 Å². The fourth-order valence-electron chi connectivity index (χ4n) is 1.47. The lowest BCUT2D eigenvalue weighted by Crippen LogP contribution is -2.17. The van der Waals surface area contributed by atoms with Crippen LogP contribution >= 0.6 is 39.9 Å². The minimum Gasteiger partial charge on any atom is -0.481 e. The molecule has 1 saturated heterocycles. The first-order chi connectivity index (χ1) is 9.45. The van der Waals surface area contributed by atoms with Crippen LogP contribution < -0.4 is 10.1 Å². The number of carboxylic acids is 1. The Kier molecular flexibility index (Phi) is 4.79. The number of nitrogens with one attached hydrogen (secondary N) is 1. The summed E-state index contributed by atoms with van der Waals surface area (Å²) in [5, 5.41) is 11.2. The predicted molar refractivity (Wildman–Crippen MR) is 83.6 cm³/mol. The topological polar surface area (TPSA) is 75.6 Å². The summed E-state index contributed by atoms with van der Waals surface area (Å²) in [7, 11) is 0. The number of carbonyl (C=O) groups excluding carboxylic acids is 1. The van der Waals surface area contributed by atoms with Crippen molar-refractivity contribution in [1.29, 1.82) is 0 Å². The molecule has 1 aliphatic heterocycles. The van der Waals surface area contributed by atoms with Gasteiger partial charge in [0.2, 0.25) is 0 Å². The molecule has 5 nitrogen and oxygen atoms in total. The Morgan fingerprint density at radius 3 is 2.90 bits per heavy atom. The van der Waals surface area contributed by atoms with Crippen molar-refractivity contribution in [3.05, 3.63) is 33.1 Å². The van der Waals surface area contributed by atoms with Gasteiger partial charge in [-0.3, -0.25) is 4.79 Å². The summed E-state index contributed by atoms with van der Waals surface area (Å²) in [5.74, 6) is -0.959. The average Bonchev–Trinajstić information content (AvgIpc) is 2.66. The number of amides is 1. The van der Waals surface area contributed by atoms with Crippen LogP contribution in [0.1, 0.15) is 5.56 Å². The number of aliphatic carboxylic acids is 1. The van der Waals surface area contributed by atoms with E-state index < -0.39 is 12.6 Å². The maximum Gasteiger partial charge on any atom is 0.341 e. The zero-order chi connectivity index (χ0) is 14.7. The molecular formula is C12H8BrNO4S2. The van der Waals surface area contributed by atoms with Gasteiger partial charge in [-0.2, -0.15) is 0 Å². The maximum atomic E-state index is 11.6. The van der Waals surface area contributed by atoms with Crippen molar-refractivity contribution < 1.29 is 19.4 Å². The zero-order valence-electron chi connectivity index (χ0n) is 9.88. The van der Waals surface area contributed by atoms with E-state index >= 15 is 0 Å². The van der Waals surface area contributed by atoms with Gasteiger partial charge in [0.15, 0.2) is 6.61 Å². The monoisotopic (exact) mass is 373 g/mol. The van der Waals surface area contributed by atoms with Crippen molar-refractivity contribution in [2.45, 2.75) is 0 Å². The summed E-state index contributed by atoms with van der Waals surface area (Å²) in [5.41, 5.74) is 0.600. The molecule has 1 aromatic carbocycles. The molecule has 104 valence electrons. The van der Waals surface area contributed by atoms with Gasteiger partial charge in [-0.15, -0.1) is 0 Å². The summed E-state index contributed by atoms with van der Waals surface area (Å²) in [6, 6.07) is 5.10. The first-order valence-corrected chi connectivity index (χ1v) is 7.36. The van der Waals surface area contributed by atoms with E-state index in [1.165, 1.54) is 0 Å². The van der Waals surface area contributed by atoms with Crippen molar-refractivity contribution in [3.8, 4) is 5.75 Å². The predicted octanol–water partition coefficient (Wildman–Crippen LogP) is 2.40. The van der Waals surface area contributed by atoms with Crippen LogP contribution in [0.4, 0.5) is 0 Å². The van der Waals surface area contributed by atoms with Crippen molar-refractivity contribution in [3.63, 3.8) is 0 Å². The fraction of sp³-hybridized carbons (Fsp3) is 0.0833. The first-order valence-electron chi connectivity index (χ1n) is 5.34. The Hall–Kier alpha value is -1.38. The van der Waals surface area contributed by atoms with E-state index in [4.69, 9.17) is 22.1 Å². The van der Waals surface area contributed by atoms with E-state index in [1.807, 2.05) is 0 Å². The molecule has 1 amide bonds. The second-order valence-corrected chi connectivity index (χ2v) is 6.35. The Balaban J connectivity index is 2.32. The normalized spacial score (nSPS) is 16.4. The van der Waals surface area contributed by atoms with Crippen LogP contribution in [-0.2, 0) is 9.59 Å². The minimum absolute atomic E-state index is 0.274. The van der Waals surface area contributed by atoms with Gasteiger partial charge >= 0.3 is 5.97 Å². The Morgan fingerprint density at radius 2 is 2.30 bits per heavy atom. The van der Waals surface area contributed by atoms with E-state index in [-0.39, 0.29) is 5.91 Å². The van der Waals surface area contributed by atoms with Crippen molar-refractivity contribution in [2.75, 3.05) is 6.61 Å². The molecular weight excluding hydrogens is 366 g/mol. The van der Waals surface area contributed by atoms with Crippen LogP contribution in [0.15, 0.2) is 27.6 Å². The third-order valence-corrected chi connectivity index (χ3v) is 3.91. The number of hydrogen-bond acceptors (Lipinski definition) is 5. The number of thiocarbonyl (C=S) groups is 1. The highest BCUT2D eigenvalue weighted by molar-refractivity contribution is 9.10. The summed E-state index contributed by atoms with van der Waals surface area (Å²) in [4.78, 5) is 22.6. The fourth-order valence-corrected chi connectivity index (χ4v) is 2.88. The lowest BCUT2D eigenvalue weighted by atomic mass is 10.2. The molecule has 0 aliphatic carbocycles. The highest BCUT2D eigenvalue weighted by Gasteiger charge is 2.22. The number of halogens is 1. The van der Waals surface area contributed by atoms with Crippen LogP contribution in [0.2, 0.25) is 0 Å². The standard InChI is InChI=1S/C12H8BrNO4S2/c13-7-1-2-8(18-5-10(15)16)6(3-7)4-9-11(17)14-12(19)20-9/h1-4H,5H2,(H,15,16)(H,14,17,19)/b9-4-. The molecule has 1 aromatic rings. The molecule has 1 heterocycles.